The highest BCUT2D eigenvalue weighted by Crippen LogP contribution is 2.42. The van der Waals surface area contributed by atoms with Gasteiger partial charge in [-0.3, -0.25) is 14.4 Å². The summed E-state index contributed by atoms with van der Waals surface area (Å²) in [7, 11) is 3.05. The lowest BCUT2D eigenvalue weighted by Gasteiger charge is -2.28. The van der Waals surface area contributed by atoms with Crippen LogP contribution in [0.3, 0.4) is 0 Å². The number of aromatic amines is 1. The molecule has 1 aromatic heterocycles. The molecule has 7 heteroatoms. The number of H-pyrrole nitrogens is 1. The predicted molar refractivity (Wildman–Crippen MR) is 115 cm³/mol. The van der Waals surface area contributed by atoms with Crippen molar-refractivity contribution >= 4 is 28.4 Å². The van der Waals surface area contributed by atoms with Crippen molar-refractivity contribution in [3.63, 3.8) is 0 Å². The van der Waals surface area contributed by atoms with Crippen molar-refractivity contribution in [3.8, 4) is 11.5 Å². The fourth-order valence-electron chi connectivity index (χ4n) is 4.37. The van der Waals surface area contributed by atoms with Crippen LogP contribution in [0.4, 0.5) is 0 Å². The number of aromatic nitrogens is 1. The molecule has 31 heavy (non-hydrogen) atoms. The Morgan fingerprint density at radius 1 is 1.10 bits per heavy atom. The van der Waals surface area contributed by atoms with E-state index in [1.807, 2.05) is 30.5 Å². The standard InChI is InChI=1S/C24H24N2O5/c1-14(27)21-22(18-12-16(30-2)8-9-20(18)31-3)26(24(29)23(21)28)11-10-15-13-25-19-7-5-4-6-17(15)19/h4-9,12-13,21-22,25H,10-11H2,1-3H3. The van der Waals surface area contributed by atoms with Crippen molar-refractivity contribution in [2.75, 3.05) is 20.8 Å². The number of benzene rings is 2. The van der Waals surface area contributed by atoms with E-state index in [4.69, 9.17) is 9.47 Å². The molecule has 1 aliphatic rings. The fourth-order valence-corrected chi connectivity index (χ4v) is 4.37. The molecular formula is C24H24N2O5. The molecule has 2 unspecified atom stereocenters. The molecule has 0 spiro atoms. The number of fused-ring (bicyclic) bond motifs is 1. The average Bonchev–Trinajstić information content (AvgIpc) is 3.30. The van der Waals surface area contributed by atoms with Crippen molar-refractivity contribution in [2.24, 2.45) is 5.92 Å². The lowest BCUT2D eigenvalue weighted by Crippen LogP contribution is -2.32. The van der Waals surface area contributed by atoms with Gasteiger partial charge in [-0.1, -0.05) is 18.2 Å². The van der Waals surface area contributed by atoms with E-state index in [1.54, 1.807) is 18.2 Å². The van der Waals surface area contributed by atoms with Gasteiger partial charge in [0.1, 0.15) is 23.2 Å². The number of hydrogen-bond acceptors (Lipinski definition) is 5. The van der Waals surface area contributed by atoms with Gasteiger partial charge >= 0.3 is 0 Å². The molecule has 2 aromatic carbocycles. The van der Waals surface area contributed by atoms with Gasteiger partial charge in [-0.2, -0.15) is 0 Å². The molecule has 7 nitrogen and oxygen atoms in total. The van der Waals surface area contributed by atoms with Crippen molar-refractivity contribution < 1.29 is 23.9 Å². The summed E-state index contributed by atoms with van der Waals surface area (Å²) in [6.07, 6.45) is 2.45. The highest BCUT2D eigenvalue weighted by atomic mass is 16.5. The normalized spacial score (nSPS) is 18.6. The molecule has 160 valence electrons. The first-order valence-corrected chi connectivity index (χ1v) is 10.1. The topological polar surface area (TPSA) is 88.7 Å². The molecule has 2 heterocycles. The van der Waals surface area contributed by atoms with Crippen LogP contribution in [-0.4, -0.2) is 48.1 Å². The third-order valence-corrected chi connectivity index (χ3v) is 5.90. The Hall–Kier alpha value is -3.61. The number of ether oxygens (including phenoxy) is 2. The van der Waals surface area contributed by atoms with Crippen LogP contribution in [-0.2, 0) is 20.8 Å². The van der Waals surface area contributed by atoms with Gasteiger partial charge in [-0.25, -0.2) is 0 Å². The van der Waals surface area contributed by atoms with Crippen LogP contribution in [0.1, 0.15) is 24.1 Å². The summed E-state index contributed by atoms with van der Waals surface area (Å²) in [6.45, 7) is 1.64. The number of ketones is 2. The van der Waals surface area contributed by atoms with Crippen LogP contribution >= 0.6 is 0 Å². The highest BCUT2D eigenvalue weighted by molar-refractivity contribution is 6.42. The third-order valence-electron chi connectivity index (χ3n) is 5.90. The van der Waals surface area contributed by atoms with E-state index in [9.17, 15) is 14.4 Å². The molecule has 0 saturated carbocycles. The Bertz CT molecular complexity index is 1170. The van der Waals surface area contributed by atoms with E-state index in [1.165, 1.54) is 26.0 Å². The smallest absolute Gasteiger partial charge is 0.291 e. The van der Waals surface area contributed by atoms with Gasteiger partial charge in [-0.05, 0) is 43.2 Å². The Balaban J connectivity index is 1.73. The predicted octanol–water partition coefficient (Wildman–Crippen LogP) is 3.09. The van der Waals surface area contributed by atoms with Crippen LogP contribution < -0.4 is 9.47 Å². The number of likely N-dealkylation sites (tertiary alicyclic amines) is 1. The van der Waals surface area contributed by atoms with Crippen molar-refractivity contribution in [1.82, 2.24) is 9.88 Å². The number of rotatable bonds is 7. The van der Waals surface area contributed by atoms with Crippen molar-refractivity contribution in [1.29, 1.82) is 0 Å². The number of nitrogens with zero attached hydrogens (tertiary/aromatic N) is 1. The molecule has 1 aliphatic heterocycles. The van der Waals surface area contributed by atoms with Crippen molar-refractivity contribution in [2.45, 2.75) is 19.4 Å². The summed E-state index contributed by atoms with van der Waals surface area (Å²) < 4.78 is 10.8. The minimum absolute atomic E-state index is 0.293. The van der Waals surface area contributed by atoms with E-state index in [2.05, 4.69) is 4.98 Å². The second-order valence-corrected chi connectivity index (χ2v) is 7.61. The minimum Gasteiger partial charge on any atom is -0.497 e. The van der Waals surface area contributed by atoms with Gasteiger partial charge in [0.05, 0.1) is 20.3 Å². The maximum absolute atomic E-state index is 12.9. The van der Waals surface area contributed by atoms with Crippen molar-refractivity contribution in [3.05, 3.63) is 59.8 Å². The number of para-hydroxylation sites is 1. The van der Waals surface area contributed by atoms with E-state index in [0.29, 0.717) is 30.0 Å². The molecule has 0 aliphatic carbocycles. The largest absolute Gasteiger partial charge is 0.497 e. The number of carbonyl (C=O) groups excluding carboxylic acids is 3. The molecule has 0 radical (unpaired) electrons. The van der Waals surface area contributed by atoms with E-state index in [-0.39, 0.29) is 5.78 Å². The van der Waals surface area contributed by atoms with E-state index >= 15 is 0 Å². The molecular weight excluding hydrogens is 396 g/mol. The van der Waals surface area contributed by atoms with Crippen LogP contribution in [0.2, 0.25) is 0 Å². The molecule has 1 fully saturated rings. The number of carbonyl (C=O) groups is 3. The first kappa shape index (κ1) is 20.7. The zero-order valence-electron chi connectivity index (χ0n) is 17.7. The first-order valence-electron chi connectivity index (χ1n) is 10.1. The maximum Gasteiger partial charge on any atom is 0.291 e. The lowest BCUT2D eigenvalue weighted by molar-refractivity contribution is -0.142. The van der Waals surface area contributed by atoms with Gasteiger partial charge < -0.3 is 19.4 Å². The zero-order valence-corrected chi connectivity index (χ0v) is 17.7. The Kier molecular flexibility index (Phi) is 5.50. The summed E-state index contributed by atoms with van der Waals surface area (Å²) in [5.41, 5.74) is 2.63. The lowest BCUT2D eigenvalue weighted by atomic mass is 9.89. The van der Waals surface area contributed by atoms with Gasteiger partial charge in [0, 0.05) is 29.2 Å². The summed E-state index contributed by atoms with van der Waals surface area (Å²) in [6, 6.07) is 12.3. The fraction of sp³-hybridized carbons (Fsp3) is 0.292. The number of hydrogen-bond donors (Lipinski definition) is 1. The van der Waals surface area contributed by atoms with Crippen LogP contribution in [0, 0.1) is 5.92 Å². The van der Waals surface area contributed by atoms with Crippen LogP contribution in [0.5, 0.6) is 11.5 Å². The second kappa shape index (κ2) is 8.26. The molecule has 1 amide bonds. The zero-order chi connectivity index (χ0) is 22.1. The SMILES string of the molecule is COc1ccc(OC)c(C2C(C(C)=O)C(=O)C(=O)N2CCc2c[nH]c3ccccc23)c1. The summed E-state index contributed by atoms with van der Waals surface area (Å²) >= 11 is 0. The molecule has 4 rings (SSSR count). The minimum atomic E-state index is -1.07. The molecule has 1 N–H and O–H groups in total. The first-order chi connectivity index (χ1) is 15.0. The molecule has 0 bridgehead atoms. The van der Waals surface area contributed by atoms with E-state index in [0.717, 1.165) is 16.5 Å². The Labute approximate surface area is 179 Å². The number of Topliss-reactive ketones (excluding diaryl/α,β-unsaturated/α-hetero) is 2. The Morgan fingerprint density at radius 3 is 2.58 bits per heavy atom. The quantitative estimate of drug-likeness (QED) is 0.469. The summed E-state index contributed by atoms with van der Waals surface area (Å²) in [5, 5.41) is 1.07. The van der Waals surface area contributed by atoms with Crippen LogP contribution in [0.15, 0.2) is 48.7 Å². The summed E-state index contributed by atoms with van der Waals surface area (Å²) in [4.78, 5) is 42.8. The number of amides is 1. The average molecular weight is 420 g/mol. The molecule has 2 atom stereocenters. The maximum atomic E-state index is 12.9. The monoisotopic (exact) mass is 420 g/mol. The van der Waals surface area contributed by atoms with Gasteiger partial charge in [-0.15, -0.1) is 0 Å². The third kappa shape index (κ3) is 3.56. The second-order valence-electron chi connectivity index (χ2n) is 7.61. The Morgan fingerprint density at radius 2 is 1.87 bits per heavy atom. The van der Waals surface area contributed by atoms with Crippen LogP contribution in [0.25, 0.3) is 10.9 Å². The van der Waals surface area contributed by atoms with Gasteiger partial charge in [0.25, 0.3) is 5.91 Å². The summed E-state index contributed by atoms with van der Waals surface area (Å²) in [5.74, 6) is -1.69. The van der Waals surface area contributed by atoms with E-state index < -0.39 is 23.7 Å². The number of methoxy groups -OCH3 is 2. The number of nitrogens with one attached hydrogen (secondary N) is 1. The molecule has 3 aromatic rings. The van der Waals surface area contributed by atoms with Gasteiger partial charge in [0.15, 0.2) is 0 Å². The van der Waals surface area contributed by atoms with Gasteiger partial charge in [0.2, 0.25) is 5.78 Å². The molecule has 1 saturated heterocycles. The highest BCUT2D eigenvalue weighted by Gasteiger charge is 2.51.